The quantitative estimate of drug-likeness (QED) is 0.580. The Hall–Kier alpha value is -2.89. The van der Waals surface area contributed by atoms with E-state index in [2.05, 4.69) is 0 Å². The molecule has 0 radical (unpaired) electrons. The topological polar surface area (TPSA) is 78.7 Å². The minimum atomic E-state index is -0.434. The maximum atomic E-state index is 12.1. The number of methoxy groups -OCH3 is 1. The van der Waals surface area contributed by atoms with E-state index in [0.29, 0.717) is 37.2 Å². The van der Waals surface area contributed by atoms with Crippen LogP contribution >= 0.6 is 0 Å². The van der Waals surface area contributed by atoms with Crippen LogP contribution in [0.25, 0.3) is 0 Å². The number of ether oxygens (including phenoxy) is 2. The number of nitrogens with zero attached hydrogens (tertiary/aromatic N) is 1. The van der Waals surface area contributed by atoms with Gasteiger partial charge in [-0.2, -0.15) is 0 Å². The molecule has 0 aromatic heterocycles. The van der Waals surface area contributed by atoms with Crippen molar-refractivity contribution < 1.29 is 19.2 Å². The van der Waals surface area contributed by atoms with Crippen LogP contribution in [0.2, 0.25) is 0 Å². The molecule has 0 N–H and O–H groups in total. The Kier molecular flexibility index (Phi) is 5.51. The highest BCUT2D eigenvalue weighted by Crippen LogP contribution is 2.37. The van der Waals surface area contributed by atoms with Gasteiger partial charge in [0.25, 0.3) is 0 Å². The second-order valence-electron chi connectivity index (χ2n) is 6.39. The predicted octanol–water partition coefficient (Wildman–Crippen LogP) is 4.62. The van der Waals surface area contributed by atoms with Gasteiger partial charge < -0.3 is 9.47 Å². The standard InChI is InChI=1S/C20H21NO5/c1-25-19-11-8-15-6-9-16(22)5-3-2-4-14-7-10-18(26-20(19)13-15)17(12-14)21(23)24/h7-8,10-13H,2-6,9H2,1H3. The van der Waals surface area contributed by atoms with Crippen LogP contribution in [0.3, 0.4) is 0 Å². The van der Waals surface area contributed by atoms with Gasteiger partial charge in [0, 0.05) is 18.9 Å². The zero-order valence-corrected chi connectivity index (χ0v) is 14.7. The van der Waals surface area contributed by atoms with Crippen LogP contribution in [0, 0.1) is 10.1 Å². The van der Waals surface area contributed by atoms with Gasteiger partial charge in [-0.15, -0.1) is 0 Å². The van der Waals surface area contributed by atoms with Gasteiger partial charge in [-0.25, -0.2) is 0 Å². The molecule has 2 aromatic carbocycles. The minimum absolute atomic E-state index is 0.0686. The van der Waals surface area contributed by atoms with Gasteiger partial charge in [0.1, 0.15) is 5.78 Å². The Morgan fingerprint density at radius 1 is 0.962 bits per heavy atom. The van der Waals surface area contributed by atoms with E-state index in [1.807, 2.05) is 12.1 Å². The zero-order chi connectivity index (χ0) is 18.5. The molecule has 26 heavy (non-hydrogen) atoms. The van der Waals surface area contributed by atoms with Crippen molar-refractivity contribution in [3.63, 3.8) is 0 Å². The maximum Gasteiger partial charge on any atom is 0.311 e. The maximum absolute atomic E-state index is 12.1. The Bertz CT molecular complexity index is 831. The number of nitro groups is 1. The van der Waals surface area contributed by atoms with Crippen molar-refractivity contribution in [3.05, 3.63) is 57.6 Å². The summed E-state index contributed by atoms with van der Waals surface area (Å²) in [6.07, 6.45) is 3.95. The number of carbonyl (C=O) groups excluding carboxylic acids is 1. The molecule has 0 atom stereocenters. The van der Waals surface area contributed by atoms with E-state index < -0.39 is 4.92 Å². The summed E-state index contributed by atoms with van der Waals surface area (Å²) in [6.45, 7) is 0. The van der Waals surface area contributed by atoms with Crippen LogP contribution in [0.1, 0.15) is 36.8 Å². The number of nitro benzene ring substituents is 1. The van der Waals surface area contributed by atoms with E-state index in [0.717, 1.165) is 24.0 Å². The first-order valence-electron chi connectivity index (χ1n) is 8.70. The molecular weight excluding hydrogens is 334 g/mol. The largest absolute Gasteiger partial charge is 0.493 e. The van der Waals surface area contributed by atoms with E-state index in [1.165, 1.54) is 7.11 Å². The van der Waals surface area contributed by atoms with Gasteiger partial charge in [-0.05, 0) is 55.0 Å². The van der Waals surface area contributed by atoms with Crippen molar-refractivity contribution in [2.75, 3.05) is 7.11 Å². The highest BCUT2D eigenvalue weighted by Gasteiger charge is 2.19. The molecule has 0 amide bonds. The number of fused-ring (bicyclic) bond motifs is 8. The molecule has 2 aromatic rings. The summed E-state index contributed by atoms with van der Waals surface area (Å²) in [7, 11) is 1.52. The molecule has 136 valence electrons. The fourth-order valence-corrected chi connectivity index (χ4v) is 3.08. The summed E-state index contributed by atoms with van der Waals surface area (Å²) in [4.78, 5) is 23.1. The summed E-state index contributed by atoms with van der Waals surface area (Å²) in [5.41, 5.74) is 1.73. The summed E-state index contributed by atoms with van der Waals surface area (Å²) < 4.78 is 11.2. The number of Topliss-reactive ketones (excluding diaryl/α,β-unsaturated/α-hetero) is 1. The van der Waals surface area contributed by atoms with E-state index >= 15 is 0 Å². The summed E-state index contributed by atoms with van der Waals surface area (Å²) in [5.74, 6) is 1.31. The summed E-state index contributed by atoms with van der Waals surface area (Å²) in [5, 5.41) is 11.5. The molecule has 4 bridgehead atoms. The number of aryl methyl sites for hydroxylation is 2. The highest BCUT2D eigenvalue weighted by molar-refractivity contribution is 5.78. The van der Waals surface area contributed by atoms with Crippen LogP contribution < -0.4 is 9.47 Å². The number of benzene rings is 2. The summed E-state index contributed by atoms with van der Waals surface area (Å²) in [6, 6.07) is 10.4. The number of hydrogen-bond acceptors (Lipinski definition) is 5. The number of ketones is 1. The second-order valence-corrected chi connectivity index (χ2v) is 6.39. The second kappa shape index (κ2) is 7.99. The van der Waals surface area contributed by atoms with Crippen molar-refractivity contribution in [2.45, 2.75) is 38.5 Å². The van der Waals surface area contributed by atoms with E-state index in [-0.39, 0.29) is 17.2 Å². The van der Waals surface area contributed by atoms with Crippen molar-refractivity contribution in [2.24, 2.45) is 0 Å². The predicted molar refractivity (Wildman–Crippen MR) is 97.0 cm³/mol. The molecule has 6 nitrogen and oxygen atoms in total. The van der Waals surface area contributed by atoms with E-state index in [1.54, 1.807) is 24.3 Å². The fraction of sp³-hybridized carbons (Fsp3) is 0.350. The molecular formula is C20H21NO5. The first-order valence-corrected chi connectivity index (χ1v) is 8.70. The molecule has 2 aliphatic heterocycles. The molecule has 0 unspecified atom stereocenters. The lowest BCUT2D eigenvalue weighted by molar-refractivity contribution is -0.385. The molecule has 4 rings (SSSR count). The lowest BCUT2D eigenvalue weighted by atomic mass is 10.0. The molecule has 6 heteroatoms. The Balaban J connectivity index is 2.03. The van der Waals surface area contributed by atoms with E-state index in [9.17, 15) is 14.9 Å². The first-order chi connectivity index (χ1) is 12.6. The van der Waals surface area contributed by atoms with Gasteiger partial charge in [0.2, 0.25) is 5.75 Å². The normalized spacial score (nSPS) is 14.9. The number of rotatable bonds is 2. The Morgan fingerprint density at radius 3 is 2.46 bits per heavy atom. The molecule has 0 saturated carbocycles. The van der Waals surface area contributed by atoms with Crippen LogP contribution in [0.4, 0.5) is 5.69 Å². The molecule has 2 aliphatic rings. The third kappa shape index (κ3) is 4.20. The van der Waals surface area contributed by atoms with Crippen molar-refractivity contribution >= 4 is 11.5 Å². The lowest BCUT2D eigenvalue weighted by Gasteiger charge is -2.12. The van der Waals surface area contributed by atoms with Crippen LogP contribution in [0.15, 0.2) is 36.4 Å². The monoisotopic (exact) mass is 355 g/mol. The molecule has 0 aliphatic carbocycles. The average Bonchev–Trinajstić information content (AvgIpc) is 2.64. The van der Waals surface area contributed by atoms with E-state index in [4.69, 9.17) is 9.47 Å². The van der Waals surface area contributed by atoms with Crippen molar-refractivity contribution in [1.82, 2.24) is 0 Å². The van der Waals surface area contributed by atoms with Gasteiger partial charge in [0.15, 0.2) is 11.5 Å². The number of carbonyl (C=O) groups is 1. The number of hydrogen-bond donors (Lipinski definition) is 0. The van der Waals surface area contributed by atoms with Crippen LogP contribution in [0.5, 0.6) is 17.2 Å². The van der Waals surface area contributed by atoms with Crippen molar-refractivity contribution in [1.29, 1.82) is 0 Å². The molecule has 0 fully saturated rings. The third-order valence-corrected chi connectivity index (χ3v) is 4.53. The Labute approximate surface area is 151 Å². The van der Waals surface area contributed by atoms with Crippen LogP contribution in [-0.2, 0) is 17.6 Å². The van der Waals surface area contributed by atoms with Gasteiger partial charge in [-0.1, -0.05) is 12.1 Å². The molecule has 0 spiro atoms. The smallest absolute Gasteiger partial charge is 0.311 e. The Morgan fingerprint density at radius 2 is 1.69 bits per heavy atom. The SMILES string of the molecule is COc1ccc2cc1Oc1ccc(cc1[N+](=O)[O-])CCCCC(=O)CC2. The minimum Gasteiger partial charge on any atom is -0.493 e. The molecule has 0 saturated heterocycles. The zero-order valence-electron chi connectivity index (χ0n) is 14.7. The van der Waals surface area contributed by atoms with Crippen LogP contribution in [-0.4, -0.2) is 17.8 Å². The van der Waals surface area contributed by atoms with Gasteiger partial charge in [-0.3, -0.25) is 14.9 Å². The molecule has 2 heterocycles. The third-order valence-electron chi connectivity index (χ3n) is 4.53. The lowest BCUT2D eigenvalue weighted by Crippen LogP contribution is -2.01. The fourth-order valence-electron chi connectivity index (χ4n) is 3.08. The van der Waals surface area contributed by atoms with Gasteiger partial charge >= 0.3 is 5.69 Å². The first kappa shape index (κ1) is 17.9. The summed E-state index contributed by atoms with van der Waals surface area (Å²) >= 11 is 0. The highest BCUT2D eigenvalue weighted by atomic mass is 16.6. The van der Waals surface area contributed by atoms with Crippen molar-refractivity contribution in [3.8, 4) is 17.2 Å². The van der Waals surface area contributed by atoms with Gasteiger partial charge in [0.05, 0.1) is 12.0 Å². The average molecular weight is 355 g/mol.